The van der Waals surface area contributed by atoms with Gasteiger partial charge in [-0.15, -0.1) is 0 Å². The molecule has 0 aliphatic rings. The fraction of sp³-hybridized carbons (Fsp3) is 1.00. The second-order valence-corrected chi connectivity index (χ2v) is 5.60. The lowest BCUT2D eigenvalue weighted by molar-refractivity contribution is 0.126. The molecule has 0 spiro atoms. The second kappa shape index (κ2) is 11.3. The Bertz CT molecular complexity index is 125. The van der Waals surface area contributed by atoms with Gasteiger partial charge in [-0.2, -0.15) is 25.3 Å². The summed E-state index contributed by atoms with van der Waals surface area (Å²) in [5, 5.41) is 0. The summed E-state index contributed by atoms with van der Waals surface area (Å²) in [5.74, 6) is 1.88. The Morgan fingerprint density at radius 2 is 1.33 bits per heavy atom. The molecule has 0 heterocycles. The van der Waals surface area contributed by atoms with E-state index in [1.807, 2.05) is 0 Å². The van der Waals surface area contributed by atoms with E-state index in [9.17, 15) is 0 Å². The van der Waals surface area contributed by atoms with Gasteiger partial charge < -0.3 is 8.85 Å². The van der Waals surface area contributed by atoms with Crippen LogP contribution in [0.15, 0.2) is 0 Å². The van der Waals surface area contributed by atoms with Gasteiger partial charge in [-0.3, -0.25) is 0 Å². The summed E-state index contributed by atoms with van der Waals surface area (Å²) in [5.41, 5.74) is 0. The molecule has 2 atom stereocenters. The van der Waals surface area contributed by atoms with Crippen molar-refractivity contribution in [2.24, 2.45) is 0 Å². The van der Waals surface area contributed by atoms with Gasteiger partial charge in [0, 0.05) is 12.2 Å². The largest absolute Gasteiger partial charge is 0.396 e. The number of hydrogen-bond acceptors (Lipinski definition) is 4. The predicted octanol–water partition coefficient (Wildman–Crippen LogP) is 2.22. The van der Waals surface area contributed by atoms with E-state index in [1.54, 1.807) is 0 Å². The van der Waals surface area contributed by atoms with Crippen LogP contribution < -0.4 is 0 Å². The average molecular weight is 269 g/mol. The zero-order chi connectivity index (χ0) is 11.5. The molecule has 0 bridgehead atoms. The van der Waals surface area contributed by atoms with Gasteiger partial charge in [-0.05, 0) is 51.0 Å². The lowest BCUT2D eigenvalue weighted by Crippen LogP contribution is -2.19. The zero-order valence-corrected chi connectivity index (χ0v) is 13.0. The molecule has 0 saturated carbocycles. The van der Waals surface area contributed by atoms with Crippen molar-refractivity contribution in [3.63, 3.8) is 0 Å². The van der Waals surface area contributed by atoms with Crippen molar-refractivity contribution in [3.05, 3.63) is 0 Å². The molecular formula is C10H24O2S2Si. The number of thiol groups is 2. The van der Waals surface area contributed by atoms with Gasteiger partial charge in [-0.25, -0.2) is 0 Å². The van der Waals surface area contributed by atoms with Crippen LogP contribution in [0.2, 0.25) is 0 Å². The smallest absolute Gasteiger partial charge is 0.304 e. The molecular weight excluding hydrogens is 244 g/mol. The molecule has 0 rings (SSSR count). The molecule has 5 heteroatoms. The lowest BCUT2D eigenvalue weighted by atomic mass is 10.2. The lowest BCUT2D eigenvalue weighted by Gasteiger charge is -2.16. The Kier molecular flexibility index (Phi) is 12.0. The van der Waals surface area contributed by atoms with Crippen LogP contribution in [-0.4, -0.2) is 33.7 Å². The van der Waals surface area contributed by atoms with Crippen molar-refractivity contribution in [1.82, 2.24) is 0 Å². The third kappa shape index (κ3) is 11.1. The van der Waals surface area contributed by atoms with Crippen LogP contribution >= 0.6 is 25.3 Å². The summed E-state index contributed by atoms with van der Waals surface area (Å²) in [6, 6.07) is 0. The molecule has 2 unspecified atom stereocenters. The van der Waals surface area contributed by atoms with E-state index in [0.717, 1.165) is 37.2 Å². The third-order valence-electron chi connectivity index (χ3n) is 2.24. The van der Waals surface area contributed by atoms with E-state index in [-0.39, 0.29) is 0 Å². The first kappa shape index (κ1) is 15.8. The summed E-state index contributed by atoms with van der Waals surface area (Å²) in [4.78, 5) is 0. The van der Waals surface area contributed by atoms with Gasteiger partial charge in [0.2, 0.25) is 0 Å². The highest BCUT2D eigenvalue weighted by Gasteiger charge is 2.05. The summed E-state index contributed by atoms with van der Waals surface area (Å²) in [7, 11) is -0.789. The van der Waals surface area contributed by atoms with Crippen LogP contribution in [-0.2, 0) is 8.85 Å². The van der Waals surface area contributed by atoms with Crippen LogP contribution in [0.3, 0.4) is 0 Å². The molecule has 0 radical (unpaired) electrons. The normalized spacial score (nSPS) is 16.0. The SMILES string of the molecule is CC(CCCS)O[SiH2]OC(C)CCCS. The summed E-state index contributed by atoms with van der Waals surface area (Å²) in [6.07, 6.45) is 5.08. The van der Waals surface area contributed by atoms with E-state index >= 15 is 0 Å². The molecule has 2 nitrogen and oxygen atoms in total. The van der Waals surface area contributed by atoms with E-state index in [4.69, 9.17) is 8.85 Å². The minimum absolute atomic E-state index is 0.334. The van der Waals surface area contributed by atoms with Crippen LogP contribution in [0.4, 0.5) is 0 Å². The first-order valence-corrected chi connectivity index (χ1v) is 8.07. The molecule has 0 aromatic heterocycles. The molecule has 15 heavy (non-hydrogen) atoms. The molecule has 92 valence electrons. The first-order chi connectivity index (χ1) is 7.20. The predicted molar refractivity (Wildman–Crippen MR) is 75.8 cm³/mol. The topological polar surface area (TPSA) is 18.5 Å². The molecule has 0 aliphatic carbocycles. The van der Waals surface area contributed by atoms with E-state index in [1.165, 1.54) is 0 Å². The maximum atomic E-state index is 5.66. The molecule has 0 fully saturated rings. The summed E-state index contributed by atoms with van der Waals surface area (Å²) in [6.45, 7) is 4.22. The monoisotopic (exact) mass is 268 g/mol. The number of rotatable bonds is 10. The van der Waals surface area contributed by atoms with Crippen LogP contribution in [0, 0.1) is 0 Å². The highest BCUT2D eigenvalue weighted by atomic mass is 32.1. The van der Waals surface area contributed by atoms with E-state index < -0.39 is 10.0 Å². The third-order valence-corrected chi connectivity index (χ3v) is 4.29. The van der Waals surface area contributed by atoms with Gasteiger partial charge in [-0.1, -0.05) is 0 Å². The van der Waals surface area contributed by atoms with Gasteiger partial charge >= 0.3 is 10.0 Å². The molecule has 0 aromatic carbocycles. The van der Waals surface area contributed by atoms with Crippen LogP contribution in [0.1, 0.15) is 39.5 Å². The molecule has 0 saturated heterocycles. The van der Waals surface area contributed by atoms with Crippen LogP contribution in [0.5, 0.6) is 0 Å². The Morgan fingerprint density at radius 3 is 1.67 bits per heavy atom. The molecule has 0 N–H and O–H groups in total. The van der Waals surface area contributed by atoms with Gasteiger partial charge in [0.05, 0.1) is 0 Å². The Morgan fingerprint density at radius 1 is 0.933 bits per heavy atom. The van der Waals surface area contributed by atoms with Crippen molar-refractivity contribution in [2.75, 3.05) is 11.5 Å². The molecule has 0 amide bonds. The minimum atomic E-state index is -0.789. The fourth-order valence-electron chi connectivity index (χ4n) is 1.20. The van der Waals surface area contributed by atoms with E-state index in [0.29, 0.717) is 12.2 Å². The van der Waals surface area contributed by atoms with E-state index in [2.05, 4.69) is 39.1 Å². The maximum Gasteiger partial charge on any atom is 0.304 e. The van der Waals surface area contributed by atoms with Crippen LogP contribution in [0.25, 0.3) is 0 Å². The highest BCUT2D eigenvalue weighted by Crippen LogP contribution is 2.05. The first-order valence-electron chi connectivity index (χ1n) is 5.65. The number of hydrogen-bond donors (Lipinski definition) is 2. The molecule has 0 aromatic rings. The van der Waals surface area contributed by atoms with Crippen molar-refractivity contribution < 1.29 is 8.85 Å². The Balaban J connectivity index is 3.27. The summed E-state index contributed by atoms with van der Waals surface area (Å²) < 4.78 is 11.3. The summed E-state index contributed by atoms with van der Waals surface area (Å²) >= 11 is 8.35. The fourth-order valence-corrected chi connectivity index (χ4v) is 2.44. The highest BCUT2D eigenvalue weighted by molar-refractivity contribution is 7.80. The Hall–Kier alpha value is 0.837. The molecule has 0 aliphatic heterocycles. The van der Waals surface area contributed by atoms with Crippen molar-refractivity contribution in [1.29, 1.82) is 0 Å². The quantitative estimate of drug-likeness (QED) is 0.467. The second-order valence-electron chi connectivity index (χ2n) is 3.80. The minimum Gasteiger partial charge on any atom is -0.396 e. The van der Waals surface area contributed by atoms with Crippen molar-refractivity contribution in [3.8, 4) is 0 Å². The average Bonchev–Trinajstić information content (AvgIpc) is 2.23. The van der Waals surface area contributed by atoms with Crippen molar-refractivity contribution >= 4 is 35.3 Å². The Labute approximate surface area is 107 Å². The zero-order valence-electron chi connectivity index (χ0n) is 9.82. The maximum absolute atomic E-state index is 5.66. The van der Waals surface area contributed by atoms with Gasteiger partial charge in [0.1, 0.15) is 0 Å². The van der Waals surface area contributed by atoms with Gasteiger partial charge in [0.25, 0.3) is 0 Å². The van der Waals surface area contributed by atoms with Crippen molar-refractivity contribution in [2.45, 2.75) is 51.7 Å². The standard InChI is InChI=1S/C10H24O2S2Si/c1-9(5-3-7-13)11-15-12-10(2)6-4-8-14/h9-10,13-14H,3-8,15H2,1-2H3. The van der Waals surface area contributed by atoms with Gasteiger partial charge in [0.15, 0.2) is 0 Å².